The van der Waals surface area contributed by atoms with E-state index in [9.17, 15) is 4.79 Å². The van der Waals surface area contributed by atoms with E-state index in [4.69, 9.17) is 10.5 Å². The van der Waals surface area contributed by atoms with Crippen LogP contribution in [0.5, 0.6) is 0 Å². The summed E-state index contributed by atoms with van der Waals surface area (Å²) in [6.45, 7) is 8.05. The molecule has 2 fully saturated rings. The summed E-state index contributed by atoms with van der Waals surface area (Å²) in [6, 6.07) is 14.6. The number of aryl methyl sites for hydroxylation is 1. The molecule has 166 valence electrons. The molecule has 1 unspecified atom stereocenters. The van der Waals surface area contributed by atoms with Gasteiger partial charge in [-0.25, -0.2) is 4.98 Å². The van der Waals surface area contributed by atoms with Crippen LogP contribution >= 0.6 is 0 Å². The summed E-state index contributed by atoms with van der Waals surface area (Å²) in [5.74, 6) is 0.667. The molecule has 0 radical (unpaired) electrons. The Morgan fingerprint density at radius 3 is 2.69 bits per heavy atom. The standard InChI is InChI=1S/C26H30N4O2/c1-17-5-3-7-21(26(31)30-10-4-6-18(30)2)24(17)19-8-9-22-20(15-19)16-23(25(27)28-22)29-11-13-32-14-12-29/h3,5,7-9,15-16,18H,4,6,10-14H2,1-2H3,(H2,27,28). The van der Waals surface area contributed by atoms with Gasteiger partial charge in [-0.2, -0.15) is 0 Å². The Morgan fingerprint density at radius 1 is 1.12 bits per heavy atom. The third-order valence-corrected chi connectivity index (χ3v) is 6.78. The van der Waals surface area contributed by atoms with Crippen LogP contribution in [0, 0.1) is 6.92 Å². The van der Waals surface area contributed by atoms with Crippen molar-refractivity contribution >= 4 is 28.3 Å². The molecule has 6 nitrogen and oxygen atoms in total. The van der Waals surface area contributed by atoms with Gasteiger partial charge in [0.2, 0.25) is 0 Å². The van der Waals surface area contributed by atoms with E-state index in [0.29, 0.717) is 19.0 Å². The number of anilines is 2. The third-order valence-electron chi connectivity index (χ3n) is 6.78. The van der Waals surface area contributed by atoms with Crippen LogP contribution in [0.25, 0.3) is 22.0 Å². The molecule has 2 aromatic carbocycles. The number of hydrogen-bond acceptors (Lipinski definition) is 5. The first-order valence-corrected chi connectivity index (χ1v) is 11.5. The van der Waals surface area contributed by atoms with Crippen molar-refractivity contribution in [1.29, 1.82) is 0 Å². The highest BCUT2D eigenvalue weighted by Crippen LogP contribution is 2.34. The number of carbonyl (C=O) groups excluding carboxylic acids is 1. The molecule has 32 heavy (non-hydrogen) atoms. The number of hydrogen-bond donors (Lipinski definition) is 1. The van der Waals surface area contributed by atoms with Crippen molar-refractivity contribution in [3.05, 3.63) is 53.6 Å². The maximum atomic E-state index is 13.5. The van der Waals surface area contributed by atoms with Gasteiger partial charge in [-0.05, 0) is 67.6 Å². The van der Waals surface area contributed by atoms with Crippen molar-refractivity contribution in [2.75, 3.05) is 43.5 Å². The topological polar surface area (TPSA) is 71.7 Å². The minimum Gasteiger partial charge on any atom is -0.382 e. The highest BCUT2D eigenvalue weighted by Gasteiger charge is 2.28. The summed E-state index contributed by atoms with van der Waals surface area (Å²) in [5.41, 5.74) is 12.0. The smallest absolute Gasteiger partial charge is 0.254 e. The van der Waals surface area contributed by atoms with Crippen LogP contribution in [-0.4, -0.2) is 54.7 Å². The Balaban J connectivity index is 1.59. The predicted molar refractivity (Wildman–Crippen MR) is 129 cm³/mol. The van der Waals surface area contributed by atoms with Gasteiger partial charge >= 0.3 is 0 Å². The number of nitrogens with zero attached hydrogens (tertiary/aromatic N) is 3. The van der Waals surface area contributed by atoms with Crippen LogP contribution in [0.2, 0.25) is 0 Å². The lowest BCUT2D eigenvalue weighted by atomic mass is 9.93. The molecule has 0 aliphatic carbocycles. The van der Waals surface area contributed by atoms with Crippen molar-refractivity contribution in [2.45, 2.75) is 32.7 Å². The van der Waals surface area contributed by atoms with Crippen molar-refractivity contribution < 1.29 is 9.53 Å². The van der Waals surface area contributed by atoms with Gasteiger partial charge in [0.1, 0.15) is 5.82 Å². The van der Waals surface area contributed by atoms with E-state index in [-0.39, 0.29) is 11.9 Å². The monoisotopic (exact) mass is 430 g/mol. The lowest BCUT2D eigenvalue weighted by molar-refractivity contribution is 0.0748. The highest BCUT2D eigenvalue weighted by atomic mass is 16.5. The van der Waals surface area contributed by atoms with E-state index in [2.05, 4.69) is 48.0 Å². The number of rotatable bonds is 3. The maximum absolute atomic E-state index is 13.5. The molecule has 0 bridgehead atoms. The van der Waals surface area contributed by atoms with Gasteiger partial charge in [-0.15, -0.1) is 0 Å². The maximum Gasteiger partial charge on any atom is 0.254 e. The zero-order valence-electron chi connectivity index (χ0n) is 18.8. The molecule has 0 saturated carbocycles. The number of likely N-dealkylation sites (tertiary alicyclic amines) is 1. The predicted octanol–water partition coefficient (Wildman–Crippen LogP) is 4.25. The molecule has 1 amide bonds. The number of benzene rings is 2. The van der Waals surface area contributed by atoms with Crippen LogP contribution in [0.3, 0.4) is 0 Å². The van der Waals surface area contributed by atoms with Gasteiger partial charge in [0.05, 0.1) is 24.4 Å². The van der Waals surface area contributed by atoms with Gasteiger partial charge in [0, 0.05) is 36.6 Å². The average Bonchev–Trinajstić information content (AvgIpc) is 3.24. The molecular weight excluding hydrogens is 400 g/mol. The Kier molecular flexibility index (Phi) is 5.47. The fourth-order valence-corrected chi connectivity index (χ4v) is 5.01. The summed E-state index contributed by atoms with van der Waals surface area (Å²) in [5, 5.41) is 1.02. The van der Waals surface area contributed by atoms with Crippen molar-refractivity contribution in [1.82, 2.24) is 9.88 Å². The number of morpholine rings is 1. The van der Waals surface area contributed by atoms with Crippen molar-refractivity contribution in [3.63, 3.8) is 0 Å². The first-order valence-electron chi connectivity index (χ1n) is 11.5. The van der Waals surface area contributed by atoms with Crippen LogP contribution in [0.1, 0.15) is 35.7 Å². The van der Waals surface area contributed by atoms with E-state index in [1.165, 1.54) is 0 Å². The molecule has 2 aliphatic rings. The number of amides is 1. The molecule has 3 aromatic rings. The van der Waals surface area contributed by atoms with E-state index >= 15 is 0 Å². The largest absolute Gasteiger partial charge is 0.382 e. The number of aromatic nitrogens is 1. The Labute approximate surface area is 189 Å². The minimum atomic E-state index is 0.123. The molecule has 0 spiro atoms. The summed E-state index contributed by atoms with van der Waals surface area (Å²) in [6.07, 6.45) is 2.14. The summed E-state index contributed by atoms with van der Waals surface area (Å²) >= 11 is 0. The highest BCUT2D eigenvalue weighted by molar-refractivity contribution is 6.03. The van der Waals surface area contributed by atoms with E-state index in [1.54, 1.807) is 0 Å². The molecule has 1 atom stereocenters. The van der Waals surface area contributed by atoms with Crippen LogP contribution in [0.15, 0.2) is 42.5 Å². The summed E-state index contributed by atoms with van der Waals surface area (Å²) < 4.78 is 5.49. The van der Waals surface area contributed by atoms with Gasteiger partial charge in [0.15, 0.2) is 0 Å². The SMILES string of the molecule is Cc1cccc(C(=O)N2CCCC2C)c1-c1ccc2nc(N)c(N3CCOCC3)cc2c1. The lowest BCUT2D eigenvalue weighted by Crippen LogP contribution is -2.36. The van der Waals surface area contributed by atoms with Crippen LogP contribution in [0.4, 0.5) is 11.5 Å². The number of nitrogen functional groups attached to an aromatic ring is 1. The van der Waals surface area contributed by atoms with Crippen molar-refractivity contribution in [3.8, 4) is 11.1 Å². The van der Waals surface area contributed by atoms with Crippen molar-refractivity contribution in [2.24, 2.45) is 0 Å². The minimum absolute atomic E-state index is 0.123. The molecular formula is C26H30N4O2. The quantitative estimate of drug-likeness (QED) is 0.672. The zero-order valence-corrected chi connectivity index (χ0v) is 18.8. The fraction of sp³-hybridized carbons (Fsp3) is 0.385. The van der Waals surface area contributed by atoms with E-state index in [1.807, 2.05) is 23.1 Å². The molecule has 1 aromatic heterocycles. The third kappa shape index (κ3) is 3.69. The zero-order chi connectivity index (χ0) is 22.2. The van der Waals surface area contributed by atoms with Crippen LogP contribution < -0.4 is 10.6 Å². The normalized spacial score (nSPS) is 19.0. The molecule has 2 aliphatic heterocycles. The second-order valence-electron chi connectivity index (χ2n) is 8.89. The number of fused-ring (bicyclic) bond motifs is 1. The molecule has 2 saturated heterocycles. The van der Waals surface area contributed by atoms with Crippen LogP contribution in [-0.2, 0) is 4.74 Å². The first kappa shape index (κ1) is 20.8. The average molecular weight is 431 g/mol. The second-order valence-corrected chi connectivity index (χ2v) is 8.89. The number of ether oxygens (including phenoxy) is 1. The molecule has 3 heterocycles. The van der Waals surface area contributed by atoms with Gasteiger partial charge < -0.3 is 20.3 Å². The fourth-order valence-electron chi connectivity index (χ4n) is 5.01. The van der Waals surface area contributed by atoms with E-state index < -0.39 is 0 Å². The molecule has 6 heteroatoms. The van der Waals surface area contributed by atoms with Gasteiger partial charge in [0.25, 0.3) is 5.91 Å². The Bertz CT molecular complexity index is 1170. The van der Waals surface area contributed by atoms with Gasteiger partial charge in [-0.3, -0.25) is 4.79 Å². The number of pyridine rings is 1. The molecule has 5 rings (SSSR count). The number of carbonyl (C=O) groups is 1. The lowest BCUT2D eigenvalue weighted by Gasteiger charge is -2.29. The summed E-state index contributed by atoms with van der Waals surface area (Å²) in [4.78, 5) is 22.4. The van der Waals surface area contributed by atoms with E-state index in [0.717, 1.165) is 71.3 Å². The summed E-state index contributed by atoms with van der Waals surface area (Å²) in [7, 11) is 0. The van der Waals surface area contributed by atoms with Gasteiger partial charge in [-0.1, -0.05) is 18.2 Å². The number of nitrogens with two attached hydrogens (primary N) is 1. The Hall–Kier alpha value is -3.12. The second kappa shape index (κ2) is 8.43. The Morgan fingerprint density at radius 2 is 1.94 bits per heavy atom. The first-order chi connectivity index (χ1) is 15.5. The molecule has 2 N–H and O–H groups in total.